The van der Waals surface area contributed by atoms with Crippen molar-refractivity contribution < 1.29 is 14.4 Å². The molecule has 2 fully saturated rings. The number of carbonyl (C=O) groups is 3. The predicted octanol–water partition coefficient (Wildman–Crippen LogP) is 0.862. The van der Waals surface area contributed by atoms with E-state index >= 15 is 0 Å². The van der Waals surface area contributed by atoms with Crippen molar-refractivity contribution in [2.24, 2.45) is 17.6 Å². The van der Waals surface area contributed by atoms with Crippen molar-refractivity contribution in [3.63, 3.8) is 0 Å². The van der Waals surface area contributed by atoms with E-state index in [0.717, 1.165) is 18.5 Å². The fourth-order valence-electron chi connectivity index (χ4n) is 4.30. The van der Waals surface area contributed by atoms with Crippen molar-refractivity contribution in [3.8, 4) is 0 Å². The van der Waals surface area contributed by atoms with Gasteiger partial charge in [0.05, 0.1) is 11.8 Å². The minimum atomic E-state index is -0.349. The maximum atomic E-state index is 12.7. The summed E-state index contributed by atoms with van der Waals surface area (Å²) in [5.74, 6) is -0.957. The number of hydrogen-bond acceptors (Lipinski definition) is 3. The van der Waals surface area contributed by atoms with Gasteiger partial charge in [0, 0.05) is 31.7 Å². The quantitative estimate of drug-likeness (QED) is 0.885. The van der Waals surface area contributed by atoms with Crippen molar-refractivity contribution in [3.05, 3.63) is 29.3 Å². The molecule has 2 saturated heterocycles. The average molecular weight is 341 g/mol. The summed E-state index contributed by atoms with van der Waals surface area (Å²) in [6.45, 7) is 1.36. The molecule has 0 saturated carbocycles. The third-order valence-electron chi connectivity index (χ3n) is 5.77. The number of anilines is 1. The molecule has 3 aliphatic rings. The number of primary amides is 1. The Morgan fingerprint density at radius 1 is 1.08 bits per heavy atom. The minimum absolute atomic E-state index is 0.00180. The van der Waals surface area contributed by atoms with Crippen molar-refractivity contribution in [2.75, 3.05) is 24.5 Å². The number of nitrogens with two attached hydrogens (primary N) is 1. The van der Waals surface area contributed by atoms with Gasteiger partial charge >= 0.3 is 0 Å². The maximum absolute atomic E-state index is 12.7. The molecule has 1 aromatic carbocycles. The second-order valence-electron chi connectivity index (χ2n) is 7.38. The van der Waals surface area contributed by atoms with Crippen LogP contribution in [0.25, 0.3) is 0 Å². The second-order valence-corrected chi connectivity index (χ2v) is 7.38. The Morgan fingerprint density at radius 3 is 2.64 bits per heavy atom. The van der Waals surface area contributed by atoms with Gasteiger partial charge < -0.3 is 15.5 Å². The molecule has 0 bridgehead atoms. The highest BCUT2D eigenvalue weighted by Crippen LogP contribution is 2.31. The molecular weight excluding hydrogens is 318 g/mol. The van der Waals surface area contributed by atoms with E-state index in [4.69, 9.17) is 5.73 Å². The van der Waals surface area contributed by atoms with E-state index in [1.807, 2.05) is 6.07 Å². The standard InChI is InChI=1S/C19H23N3O3/c20-18(24)14-6-7-21(10-14)19(25)15-9-17(23)22(11-15)16-5-4-12-2-1-3-13(12)8-16/h4-5,8,14-15H,1-3,6-7,9-11H2,(H2,20,24)/t14-,15+/m1/s1. The molecule has 6 nitrogen and oxygen atoms in total. The molecule has 6 heteroatoms. The molecule has 1 aromatic rings. The normalized spacial score (nSPS) is 25.5. The van der Waals surface area contributed by atoms with E-state index in [1.54, 1.807) is 9.80 Å². The highest BCUT2D eigenvalue weighted by atomic mass is 16.2. The first kappa shape index (κ1) is 16.1. The summed E-state index contributed by atoms with van der Waals surface area (Å²) >= 11 is 0. The number of hydrogen-bond donors (Lipinski definition) is 1. The summed E-state index contributed by atoms with van der Waals surface area (Å²) in [6, 6.07) is 6.21. The number of amides is 3. The van der Waals surface area contributed by atoms with Crippen molar-refractivity contribution in [2.45, 2.75) is 32.1 Å². The molecule has 1 aliphatic carbocycles. The van der Waals surface area contributed by atoms with Crippen LogP contribution < -0.4 is 10.6 Å². The highest BCUT2D eigenvalue weighted by Gasteiger charge is 2.40. The lowest BCUT2D eigenvalue weighted by atomic mass is 10.1. The van der Waals surface area contributed by atoms with E-state index in [9.17, 15) is 14.4 Å². The lowest BCUT2D eigenvalue weighted by Crippen LogP contribution is -2.37. The third-order valence-corrected chi connectivity index (χ3v) is 5.77. The molecule has 2 N–H and O–H groups in total. The lowest BCUT2D eigenvalue weighted by Gasteiger charge is -2.21. The van der Waals surface area contributed by atoms with Crippen molar-refractivity contribution >= 4 is 23.4 Å². The summed E-state index contributed by atoms with van der Waals surface area (Å²) in [6.07, 6.45) is 4.21. The molecule has 0 spiro atoms. The van der Waals surface area contributed by atoms with Crippen molar-refractivity contribution in [1.29, 1.82) is 0 Å². The van der Waals surface area contributed by atoms with Crippen LogP contribution in [0.5, 0.6) is 0 Å². The molecule has 2 atom stereocenters. The van der Waals surface area contributed by atoms with Gasteiger partial charge in [0.25, 0.3) is 0 Å². The molecule has 132 valence electrons. The van der Waals surface area contributed by atoms with E-state index in [0.29, 0.717) is 26.1 Å². The predicted molar refractivity (Wildman–Crippen MR) is 92.8 cm³/mol. The molecule has 2 aliphatic heterocycles. The van der Waals surface area contributed by atoms with Gasteiger partial charge in [-0.25, -0.2) is 0 Å². The van der Waals surface area contributed by atoms with E-state index in [-0.39, 0.29) is 36.0 Å². The van der Waals surface area contributed by atoms with Crippen LogP contribution in [0.2, 0.25) is 0 Å². The fraction of sp³-hybridized carbons (Fsp3) is 0.526. The average Bonchev–Trinajstić information content (AvgIpc) is 3.32. The van der Waals surface area contributed by atoms with E-state index in [1.165, 1.54) is 17.5 Å². The topological polar surface area (TPSA) is 83.7 Å². The van der Waals surface area contributed by atoms with Gasteiger partial charge in [-0.2, -0.15) is 0 Å². The molecule has 0 radical (unpaired) electrons. The van der Waals surface area contributed by atoms with Gasteiger partial charge in [-0.1, -0.05) is 6.07 Å². The van der Waals surface area contributed by atoms with Crippen LogP contribution in [0.1, 0.15) is 30.4 Å². The zero-order valence-electron chi connectivity index (χ0n) is 14.2. The minimum Gasteiger partial charge on any atom is -0.369 e. The molecule has 3 amide bonds. The number of benzene rings is 1. The number of carbonyl (C=O) groups excluding carboxylic acids is 3. The molecular formula is C19H23N3O3. The Balaban J connectivity index is 1.45. The molecule has 25 heavy (non-hydrogen) atoms. The van der Waals surface area contributed by atoms with Crippen LogP contribution in [0.15, 0.2) is 18.2 Å². The maximum Gasteiger partial charge on any atom is 0.228 e. The zero-order valence-corrected chi connectivity index (χ0v) is 14.2. The summed E-state index contributed by atoms with van der Waals surface area (Å²) < 4.78 is 0. The Hall–Kier alpha value is -2.37. The third kappa shape index (κ3) is 2.90. The summed E-state index contributed by atoms with van der Waals surface area (Å²) in [7, 11) is 0. The monoisotopic (exact) mass is 341 g/mol. The van der Waals surface area contributed by atoms with Crippen LogP contribution in [0.3, 0.4) is 0 Å². The number of aryl methyl sites for hydroxylation is 2. The molecule has 2 heterocycles. The van der Waals surface area contributed by atoms with Gasteiger partial charge in [0.2, 0.25) is 17.7 Å². The van der Waals surface area contributed by atoms with Crippen LogP contribution in [-0.2, 0) is 27.2 Å². The summed E-state index contributed by atoms with van der Waals surface area (Å²) in [5, 5.41) is 0. The van der Waals surface area contributed by atoms with Gasteiger partial charge in [-0.3, -0.25) is 14.4 Å². The van der Waals surface area contributed by atoms with E-state index < -0.39 is 0 Å². The largest absolute Gasteiger partial charge is 0.369 e. The van der Waals surface area contributed by atoms with Crippen LogP contribution in [0, 0.1) is 11.8 Å². The van der Waals surface area contributed by atoms with E-state index in [2.05, 4.69) is 12.1 Å². The first-order valence-electron chi connectivity index (χ1n) is 9.03. The molecule has 0 aromatic heterocycles. The first-order valence-corrected chi connectivity index (χ1v) is 9.03. The highest BCUT2D eigenvalue weighted by molar-refractivity contribution is 6.00. The Morgan fingerprint density at radius 2 is 1.88 bits per heavy atom. The van der Waals surface area contributed by atoms with Gasteiger partial charge in [0.15, 0.2) is 0 Å². The van der Waals surface area contributed by atoms with Crippen molar-refractivity contribution in [1.82, 2.24) is 4.90 Å². The van der Waals surface area contributed by atoms with Gasteiger partial charge in [0.1, 0.15) is 0 Å². The molecule has 0 unspecified atom stereocenters. The zero-order chi connectivity index (χ0) is 17.6. The SMILES string of the molecule is NC(=O)[C@@H]1CCN(C(=O)[C@H]2CC(=O)N(c3ccc4c(c3)CCC4)C2)C1. The Kier molecular flexibility index (Phi) is 3.98. The molecule has 4 rings (SSSR count). The first-order chi connectivity index (χ1) is 12.0. The number of likely N-dealkylation sites (tertiary alicyclic amines) is 1. The van der Waals surface area contributed by atoms with Crippen LogP contribution in [0.4, 0.5) is 5.69 Å². The Bertz CT molecular complexity index is 745. The summed E-state index contributed by atoms with van der Waals surface area (Å²) in [4.78, 5) is 39.9. The fourth-order valence-corrected chi connectivity index (χ4v) is 4.30. The Labute approximate surface area is 147 Å². The number of nitrogens with zero attached hydrogens (tertiary/aromatic N) is 2. The lowest BCUT2D eigenvalue weighted by molar-refractivity contribution is -0.135. The van der Waals surface area contributed by atoms with Crippen LogP contribution >= 0.6 is 0 Å². The second kappa shape index (κ2) is 6.17. The van der Waals surface area contributed by atoms with Crippen LogP contribution in [-0.4, -0.2) is 42.3 Å². The smallest absolute Gasteiger partial charge is 0.228 e. The summed E-state index contributed by atoms with van der Waals surface area (Å²) in [5.41, 5.74) is 8.94. The number of fused-ring (bicyclic) bond motifs is 1. The van der Waals surface area contributed by atoms with Gasteiger partial charge in [-0.15, -0.1) is 0 Å². The van der Waals surface area contributed by atoms with Gasteiger partial charge in [-0.05, 0) is 48.9 Å². The number of rotatable bonds is 3.